The fourth-order valence-corrected chi connectivity index (χ4v) is 1.04. The molecule has 0 aromatic carbocycles. The van der Waals surface area contributed by atoms with E-state index in [1.54, 1.807) is 0 Å². The fourth-order valence-electron chi connectivity index (χ4n) is 1.04. The molecule has 0 saturated carbocycles. The Morgan fingerprint density at radius 1 is 0.275 bits per heavy atom. The topological polar surface area (TPSA) is 102 Å². The van der Waals surface area contributed by atoms with Crippen LogP contribution in [0.3, 0.4) is 0 Å². The van der Waals surface area contributed by atoms with E-state index in [0.29, 0.717) is 0 Å². The molecule has 241 valence electrons. The van der Waals surface area contributed by atoms with Crippen LogP contribution in [-0.2, 0) is 28.8 Å². The van der Waals surface area contributed by atoms with Crippen molar-refractivity contribution in [1.29, 1.82) is 0 Å². The van der Waals surface area contributed by atoms with Crippen LogP contribution in [0.5, 0.6) is 0 Å². The molecule has 0 aromatic rings. The first kappa shape index (κ1) is 45.0. The number of hydrogen-bond acceptors (Lipinski definition) is 6. The standard InChI is InChI=1S/3C5H2F6O2.Tm/c3*6-4(7,8)2(12)1-3(13)5(9,10)11;/h3*1H2;. The van der Waals surface area contributed by atoms with E-state index in [9.17, 15) is 108 Å². The summed E-state index contributed by atoms with van der Waals surface area (Å²) in [6.07, 6.45) is -39.0. The van der Waals surface area contributed by atoms with Gasteiger partial charge in [0.15, 0.2) is 0 Å². The number of carbonyl (C=O) groups excluding carboxylic acids is 6. The third kappa shape index (κ3) is 20.8. The fraction of sp³-hybridized carbons (Fsp3) is 0.600. The molecule has 0 aliphatic carbocycles. The average Bonchev–Trinajstić information content (AvgIpc) is 2.64. The largest absolute Gasteiger partial charge is 0.450 e. The van der Waals surface area contributed by atoms with Gasteiger partial charge >= 0.3 is 37.1 Å². The summed E-state index contributed by atoms with van der Waals surface area (Å²) in [5, 5.41) is 0. The summed E-state index contributed by atoms with van der Waals surface area (Å²) < 4.78 is 204. The molecule has 0 bridgehead atoms. The zero-order valence-electron chi connectivity index (χ0n) is 17.7. The Hall–Kier alpha value is -2.01. The minimum Gasteiger partial charge on any atom is -0.289 e. The molecule has 0 heterocycles. The summed E-state index contributed by atoms with van der Waals surface area (Å²) in [5.74, 6) is -16.2. The summed E-state index contributed by atoms with van der Waals surface area (Å²) >= 11 is 0. The van der Waals surface area contributed by atoms with Crippen LogP contribution in [0.4, 0.5) is 79.0 Å². The summed E-state index contributed by atoms with van der Waals surface area (Å²) in [5.41, 5.74) is 0. The van der Waals surface area contributed by atoms with Crippen molar-refractivity contribution in [2.24, 2.45) is 0 Å². The molecule has 0 aliphatic rings. The van der Waals surface area contributed by atoms with E-state index < -0.39 is 91.0 Å². The van der Waals surface area contributed by atoms with Gasteiger partial charge in [0, 0.05) is 36.9 Å². The van der Waals surface area contributed by atoms with Gasteiger partial charge in [-0.1, -0.05) is 0 Å². The number of carbonyl (C=O) groups is 6. The molecule has 6 nitrogen and oxygen atoms in total. The first-order valence-electron chi connectivity index (χ1n) is 8.25. The molecule has 25 heteroatoms. The number of ketones is 6. The smallest absolute Gasteiger partial charge is 0.289 e. The van der Waals surface area contributed by atoms with Crippen LogP contribution in [0.2, 0.25) is 0 Å². The number of alkyl halides is 18. The first-order valence-corrected chi connectivity index (χ1v) is 8.25. The van der Waals surface area contributed by atoms with Crippen LogP contribution in [0.15, 0.2) is 0 Å². The van der Waals surface area contributed by atoms with E-state index in [1.807, 2.05) is 0 Å². The van der Waals surface area contributed by atoms with Gasteiger partial charge in [0.05, 0.1) is 19.3 Å². The van der Waals surface area contributed by atoms with Gasteiger partial charge in [-0.05, 0) is 0 Å². The summed E-state index contributed by atoms with van der Waals surface area (Å²) in [4.78, 5) is 59.3. The normalized spacial score (nSPS) is 12.4. The van der Waals surface area contributed by atoms with E-state index in [-0.39, 0.29) is 36.9 Å². The molecule has 1 radical (unpaired) electrons. The van der Waals surface area contributed by atoms with Crippen LogP contribution >= 0.6 is 0 Å². The van der Waals surface area contributed by atoms with E-state index in [0.717, 1.165) is 0 Å². The van der Waals surface area contributed by atoms with Gasteiger partial charge in [-0.25, -0.2) is 0 Å². The third-order valence-electron chi connectivity index (χ3n) is 2.86. The zero-order chi connectivity index (χ0) is 32.6. The Kier molecular flexibility index (Phi) is 17.8. The van der Waals surface area contributed by atoms with E-state index in [1.165, 1.54) is 0 Å². The third-order valence-corrected chi connectivity index (χ3v) is 2.86. The van der Waals surface area contributed by atoms with Crippen LogP contribution in [0.1, 0.15) is 19.3 Å². The molecule has 0 atom stereocenters. The number of hydrogen-bond donors (Lipinski definition) is 0. The average molecular weight is 793 g/mol. The summed E-state index contributed by atoms with van der Waals surface area (Å²) in [7, 11) is 0. The molecule has 0 spiro atoms. The molecule has 40 heavy (non-hydrogen) atoms. The van der Waals surface area contributed by atoms with E-state index >= 15 is 0 Å². The quantitative estimate of drug-likeness (QED) is 0.280. The molecular weight excluding hydrogens is 787 g/mol. The minimum atomic E-state index is -5.40. The Balaban J connectivity index is -0.000000240. The van der Waals surface area contributed by atoms with Crippen LogP contribution in [0, 0.1) is 36.9 Å². The molecule has 0 saturated heterocycles. The van der Waals surface area contributed by atoms with Crippen LogP contribution in [0.25, 0.3) is 0 Å². The van der Waals surface area contributed by atoms with E-state index in [4.69, 9.17) is 0 Å². The molecule has 0 amide bonds. The maximum atomic E-state index is 11.3. The van der Waals surface area contributed by atoms with Crippen LogP contribution in [-0.4, -0.2) is 71.8 Å². The van der Waals surface area contributed by atoms with Crippen molar-refractivity contribution in [3.63, 3.8) is 0 Å². The number of halogens is 18. The molecule has 0 fully saturated rings. The second kappa shape index (κ2) is 15.8. The van der Waals surface area contributed by atoms with Gasteiger partial charge < -0.3 is 0 Å². The first-order chi connectivity index (χ1) is 16.6. The van der Waals surface area contributed by atoms with Gasteiger partial charge in [0.1, 0.15) is 0 Å². The molecular formula is C15H6F18O6Tm. The Bertz CT molecular complexity index is 726. The van der Waals surface area contributed by atoms with Crippen molar-refractivity contribution in [1.82, 2.24) is 0 Å². The minimum absolute atomic E-state index is 0. The molecule has 0 N–H and O–H groups in total. The number of Topliss-reactive ketones (excluding diaryl/α,β-unsaturated/α-hetero) is 6. The molecule has 0 aromatic heterocycles. The molecule has 0 rings (SSSR count). The van der Waals surface area contributed by atoms with Gasteiger partial charge in [0.25, 0.3) is 0 Å². The van der Waals surface area contributed by atoms with Crippen LogP contribution < -0.4 is 0 Å². The zero-order valence-corrected chi connectivity index (χ0v) is 19.4. The molecule has 0 aliphatic heterocycles. The maximum absolute atomic E-state index is 11.3. The van der Waals surface area contributed by atoms with Gasteiger partial charge in [-0.2, -0.15) is 79.0 Å². The Morgan fingerprint density at radius 3 is 0.400 bits per heavy atom. The van der Waals surface area contributed by atoms with Crippen molar-refractivity contribution >= 4 is 34.7 Å². The Labute approximate surface area is 235 Å². The second-order valence-electron chi connectivity index (χ2n) is 6.06. The van der Waals surface area contributed by atoms with Gasteiger partial charge in [-0.15, -0.1) is 0 Å². The van der Waals surface area contributed by atoms with Crippen molar-refractivity contribution in [2.75, 3.05) is 0 Å². The predicted octanol–water partition coefficient (Wildman–Crippen LogP) is 4.92. The predicted molar refractivity (Wildman–Crippen MR) is 80.2 cm³/mol. The monoisotopic (exact) mass is 793 g/mol. The van der Waals surface area contributed by atoms with Gasteiger partial charge in [-0.3, -0.25) is 28.8 Å². The van der Waals surface area contributed by atoms with E-state index in [2.05, 4.69) is 0 Å². The second-order valence-corrected chi connectivity index (χ2v) is 6.06. The SMILES string of the molecule is O=C(CC(=O)C(F)(F)F)C(F)(F)F.O=C(CC(=O)C(F)(F)F)C(F)(F)F.O=C(CC(=O)C(F)(F)F)C(F)(F)F.[Tm]. The maximum Gasteiger partial charge on any atom is 0.450 e. The Morgan fingerprint density at radius 2 is 0.350 bits per heavy atom. The van der Waals surface area contributed by atoms with Crippen molar-refractivity contribution in [2.45, 2.75) is 56.3 Å². The van der Waals surface area contributed by atoms with Gasteiger partial charge in [0.2, 0.25) is 34.7 Å². The van der Waals surface area contributed by atoms with Crippen molar-refractivity contribution in [3.05, 3.63) is 0 Å². The summed E-state index contributed by atoms with van der Waals surface area (Å²) in [6, 6.07) is 0. The molecule has 0 unspecified atom stereocenters. The summed E-state index contributed by atoms with van der Waals surface area (Å²) in [6.45, 7) is 0. The van der Waals surface area contributed by atoms with Crippen molar-refractivity contribution < 1.29 is 145 Å². The number of rotatable bonds is 6. The van der Waals surface area contributed by atoms with Crippen molar-refractivity contribution in [3.8, 4) is 0 Å².